The van der Waals surface area contributed by atoms with Gasteiger partial charge in [-0.05, 0) is 12.1 Å². The maximum absolute atomic E-state index is 12.5. The third kappa shape index (κ3) is 1.71. The Kier molecular flexibility index (Phi) is 2.11. The molecule has 0 amide bonds. The van der Waals surface area contributed by atoms with E-state index in [0.717, 1.165) is 18.2 Å². The molecule has 0 spiro atoms. The topological polar surface area (TPSA) is 66.0 Å². The molecule has 0 aliphatic rings. The number of nitrogens with zero attached hydrogens (tertiary/aromatic N) is 1. The van der Waals surface area contributed by atoms with E-state index in [1.165, 1.54) is 0 Å². The summed E-state index contributed by atoms with van der Waals surface area (Å²) in [6.07, 6.45) is -4.67. The molecule has 0 fully saturated rings. The third-order valence-electron chi connectivity index (χ3n) is 1.99. The Morgan fingerprint density at radius 2 is 2.00 bits per heavy atom. The summed E-state index contributed by atoms with van der Waals surface area (Å²) < 4.78 is 37.6. The molecule has 2 N–H and O–H groups in total. The lowest BCUT2D eigenvalue weighted by atomic mass is 10.2. The van der Waals surface area contributed by atoms with Crippen molar-refractivity contribution in [2.45, 2.75) is 6.18 Å². The lowest BCUT2D eigenvalue weighted by Crippen LogP contribution is -2.19. The Labute approximate surface area is 86.4 Å². The van der Waals surface area contributed by atoms with Crippen LogP contribution in [0, 0.1) is 0 Å². The highest BCUT2D eigenvalue weighted by atomic mass is 19.4. The number of aromatic amines is 1. The molecule has 1 aromatic heterocycles. The minimum Gasteiger partial charge on any atom is -0.508 e. The number of rotatable bonds is 0. The number of phenols is 1. The van der Waals surface area contributed by atoms with E-state index in [1.54, 1.807) is 4.98 Å². The van der Waals surface area contributed by atoms with Crippen LogP contribution < -0.4 is 5.69 Å². The Bertz CT molecular complexity index is 604. The van der Waals surface area contributed by atoms with Crippen LogP contribution in [0.5, 0.6) is 5.75 Å². The van der Waals surface area contributed by atoms with Crippen LogP contribution in [0.15, 0.2) is 23.0 Å². The first-order chi connectivity index (χ1) is 7.38. The maximum atomic E-state index is 12.5. The van der Waals surface area contributed by atoms with Crippen molar-refractivity contribution in [3.63, 3.8) is 0 Å². The van der Waals surface area contributed by atoms with Crippen molar-refractivity contribution in [1.29, 1.82) is 0 Å². The molecular formula is C9H5F3N2O2. The summed E-state index contributed by atoms with van der Waals surface area (Å²) in [4.78, 5) is 15.9. The Balaban J connectivity index is 2.89. The second-order valence-corrected chi connectivity index (χ2v) is 3.12. The minimum atomic E-state index is -4.67. The number of fused-ring (bicyclic) bond motifs is 1. The highest BCUT2D eigenvalue weighted by Crippen LogP contribution is 2.32. The molecule has 0 bridgehead atoms. The third-order valence-corrected chi connectivity index (χ3v) is 1.99. The summed E-state index contributed by atoms with van der Waals surface area (Å²) in [5.41, 5.74) is -2.47. The zero-order chi connectivity index (χ0) is 11.9. The van der Waals surface area contributed by atoms with Crippen molar-refractivity contribution in [3.05, 3.63) is 34.4 Å². The molecule has 0 saturated carbocycles. The van der Waals surface area contributed by atoms with E-state index in [9.17, 15) is 18.0 Å². The second kappa shape index (κ2) is 3.22. The van der Waals surface area contributed by atoms with E-state index < -0.39 is 17.6 Å². The van der Waals surface area contributed by atoms with Crippen LogP contribution in [-0.4, -0.2) is 15.1 Å². The predicted octanol–water partition coefficient (Wildman–Crippen LogP) is 1.65. The van der Waals surface area contributed by atoms with Gasteiger partial charge in [0.1, 0.15) is 11.4 Å². The smallest absolute Gasteiger partial charge is 0.432 e. The average Bonchev–Trinajstić information content (AvgIpc) is 2.14. The molecule has 84 valence electrons. The average molecular weight is 230 g/mol. The number of hydrogen-bond acceptors (Lipinski definition) is 3. The maximum Gasteiger partial charge on any atom is 0.432 e. The SMILES string of the molecule is O=c1nc2cc(O)ccc2c(C(F)(F)F)[nH]1. The number of H-pyrrole nitrogens is 1. The number of halogens is 3. The molecular weight excluding hydrogens is 225 g/mol. The van der Waals surface area contributed by atoms with Crippen LogP contribution in [0.3, 0.4) is 0 Å². The van der Waals surface area contributed by atoms with Gasteiger partial charge in [0.05, 0.1) is 5.52 Å². The van der Waals surface area contributed by atoms with Gasteiger partial charge >= 0.3 is 11.9 Å². The Morgan fingerprint density at radius 1 is 1.31 bits per heavy atom. The van der Waals surface area contributed by atoms with Crippen LogP contribution in [0.2, 0.25) is 0 Å². The molecule has 0 unspecified atom stereocenters. The van der Waals surface area contributed by atoms with E-state index in [-0.39, 0.29) is 16.7 Å². The van der Waals surface area contributed by atoms with Crippen molar-refractivity contribution >= 4 is 10.9 Å². The van der Waals surface area contributed by atoms with Crippen LogP contribution in [0.25, 0.3) is 10.9 Å². The fraction of sp³-hybridized carbons (Fsp3) is 0.111. The van der Waals surface area contributed by atoms with E-state index in [0.29, 0.717) is 0 Å². The predicted molar refractivity (Wildman–Crippen MR) is 49.0 cm³/mol. The standard InChI is InChI=1S/C9H5F3N2O2/c10-9(11,12)7-5-2-1-4(15)3-6(5)13-8(16)14-7/h1-3,15H,(H,13,14,16). The van der Waals surface area contributed by atoms with Gasteiger partial charge in [-0.25, -0.2) is 4.79 Å². The molecule has 0 aliphatic carbocycles. The zero-order valence-electron chi connectivity index (χ0n) is 7.67. The molecule has 0 saturated heterocycles. The van der Waals surface area contributed by atoms with E-state index in [4.69, 9.17) is 5.11 Å². The molecule has 4 nitrogen and oxygen atoms in total. The highest BCUT2D eigenvalue weighted by molar-refractivity contribution is 5.82. The van der Waals surface area contributed by atoms with Crippen molar-refractivity contribution in [2.24, 2.45) is 0 Å². The molecule has 0 radical (unpaired) electrons. The Morgan fingerprint density at radius 3 is 2.62 bits per heavy atom. The molecule has 2 aromatic rings. The number of aromatic hydroxyl groups is 1. The summed E-state index contributed by atoms with van der Waals surface area (Å²) in [5.74, 6) is -0.251. The van der Waals surface area contributed by atoms with Crippen LogP contribution in [0.4, 0.5) is 13.2 Å². The minimum absolute atomic E-state index is 0.198. The first kappa shape index (κ1) is 10.5. The summed E-state index contributed by atoms with van der Waals surface area (Å²) in [6.45, 7) is 0. The van der Waals surface area contributed by atoms with Gasteiger partial charge in [0.25, 0.3) is 0 Å². The molecule has 7 heteroatoms. The van der Waals surface area contributed by atoms with Gasteiger partial charge in [-0.3, -0.25) is 0 Å². The molecule has 0 aliphatic heterocycles. The van der Waals surface area contributed by atoms with E-state index in [2.05, 4.69) is 4.98 Å². The van der Waals surface area contributed by atoms with Crippen molar-refractivity contribution in [1.82, 2.24) is 9.97 Å². The second-order valence-electron chi connectivity index (χ2n) is 3.12. The quantitative estimate of drug-likeness (QED) is 0.723. The van der Waals surface area contributed by atoms with Gasteiger partial charge in [0.2, 0.25) is 0 Å². The molecule has 16 heavy (non-hydrogen) atoms. The van der Waals surface area contributed by atoms with E-state index >= 15 is 0 Å². The first-order valence-electron chi connectivity index (χ1n) is 4.18. The number of benzene rings is 1. The van der Waals surface area contributed by atoms with Crippen molar-refractivity contribution < 1.29 is 18.3 Å². The van der Waals surface area contributed by atoms with Gasteiger partial charge in [-0.15, -0.1) is 0 Å². The van der Waals surface area contributed by atoms with Crippen LogP contribution >= 0.6 is 0 Å². The molecule has 1 aromatic carbocycles. The summed E-state index contributed by atoms with van der Waals surface area (Å²) >= 11 is 0. The van der Waals surface area contributed by atoms with Gasteiger partial charge in [-0.2, -0.15) is 18.2 Å². The highest BCUT2D eigenvalue weighted by Gasteiger charge is 2.34. The fourth-order valence-corrected chi connectivity index (χ4v) is 1.36. The Hall–Kier alpha value is -2.05. The summed E-state index contributed by atoms with van der Waals surface area (Å²) in [6, 6.07) is 3.15. The van der Waals surface area contributed by atoms with Crippen molar-refractivity contribution in [3.8, 4) is 5.75 Å². The van der Waals surface area contributed by atoms with Gasteiger partial charge in [0, 0.05) is 11.5 Å². The van der Waals surface area contributed by atoms with Crippen LogP contribution in [0.1, 0.15) is 5.69 Å². The fourth-order valence-electron chi connectivity index (χ4n) is 1.36. The number of aromatic nitrogens is 2. The monoisotopic (exact) mass is 230 g/mol. The lowest BCUT2D eigenvalue weighted by molar-refractivity contribution is -0.140. The largest absolute Gasteiger partial charge is 0.508 e. The zero-order valence-corrected chi connectivity index (χ0v) is 7.67. The number of nitrogens with one attached hydrogen (secondary N) is 1. The van der Waals surface area contributed by atoms with Crippen LogP contribution in [-0.2, 0) is 6.18 Å². The molecule has 2 rings (SSSR count). The first-order valence-corrected chi connectivity index (χ1v) is 4.18. The number of hydrogen-bond donors (Lipinski definition) is 2. The van der Waals surface area contributed by atoms with Crippen molar-refractivity contribution in [2.75, 3.05) is 0 Å². The lowest BCUT2D eigenvalue weighted by Gasteiger charge is -2.08. The number of alkyl halides is 3. The normalized spacial score (nSPS) is 11.9. The summed E-state index contributed by atoms with van der Waals surface area (Å²) in [7, 11) is 0. The molecule has 1 heterocycles. The number of phenolic OH excluding ortho intramolecular Hbond substituents is 1. The van der Waals surface area contributed by atoms with Gasteiger partial charge < -0.3 is 10.1 Å². The van der Waals surface area contributed by atoms with Gasteiger partial charge in [-0.1, -0.05) is 0 Å². The molecule has 0 atom stereocenters. The summed E-state index contributed by atoms with van der Waals surface area (Å²) in [5, 5.41) is 8.82. The van der Waals surface area contributed by atoms with E-state index in [1.807, 2.05) is 0 Å². The van der Waals surface area contributed by atoms with Gasteiger partial charge in [0.15, 0.2) is 0 Å².